The summed E-state index contributed by atoms with van der Waals surface area (Å²) < 4.78 is 0. The van der Waals surface area contributed by atoms with Crippen LogP contribution in [-0.2, 0) is 0 Å². The first kappa shape index (κ1) is 32.1. The van der Waals surface area contributed by atoms with Gasteiger partial charge in [-0.15, -0.1) is 0 Å². The third-order valence-corrected chi connectivity index (χ3v) is 5.65. The molecule has 0 radical (unpaired) electrons. The zero-order valence-electron chi connectivity index (χ0n) is 24.5. The van der Waals surface area contributed by atoms with E-state index in [0.717, 1.165) is 56.8 Å². The molecular formula is C37H45N. The first-order valence-electron chi connectivity index (χ1n) is 13.6. The monoisotopic (exact) mass is 503 g/mol. The molecule has 0 spiro atoms. The number of nitrogens with zero attached hydrogens (tertiary/aromatic N) is 1. The van der Waals surface area contributed by atoms with E-state index in [2.05, 4.69) is 101 Å². The maximum atomic E-state index is 5.00. The second-order valence-electron chi connectivity index (χ2n) is 8.31. The van der Waals surface area contributed by atoms with Crippen molar-refractivity contribution in [1.82, 2.24) is 4.98 Å². The lowest BCUT2D eigenvalue weighted by Gasteiger charge is -2.13. The quantitative estimate of drug-likeness (QED) is 0.278. The average Bonchev–Trinajstić information content (AvgIpc) is 2.95. The van der Waals surface area contributed by atoms with Gasteiger partial charge in [0, 0.05) is 5.56 Å². The summed E-state index contributed by atoms with van der Waals surface area (Å²) in [5.74, 6) is 0. The lowest BCUT2D eigenvalue weighted by molar-refractivity contribution is 1.21. The van der Waals surface area contributed by atoms with Crippen molar-refractivity contribution in [3.05, 3.63) is 150 Å². The molecule has 1 nitrogen and oxygen atoms in total. The van der Waals surface area contributed by atoms with Gasteiger partial charge in [0.25, 0.3) is 0 Å². The smallest absolute Gasteiger partial charge is 0.0715 e. The van der Waals surface area contributed by atoms with Crippen molar-refractivity contribution in [1.29, 1.82) is 0 Å². The van der Waals surface area contributed by atoms with Crippen molar-refractivity contribution in [2.45, 2.75) is 54.9 Å². The van der Waals surface area contributed by atoms with Crippen LogP contribution >= 0.6 is 0 Å². The standard InChI is InChI=1S/C35H39N.C2H6/c1-8-14-23-33(32(13-6)29(12-5)18-9-2)27(7)24-28-25-34(30(19-10-3)20-11-4)36-35(26-28)31-21-16-15-17-22-31;1-2/h9-26H,3,6,8H2,1-2,4-5,7H3;1-2H3/b18-9-,20-11-,23-14-,27-24+,29-12-,30-19+,33-32-;. The van der Waals surface area contributed by atoms with Crippen molar-refractivity contribution in [2.24, 2.45) is 0 Å². The summed E-state index contributed by atoms with van der Waals surface area (Å²) in [6.07, 6.45) is 23.8. The van der Waals surface area contributed by atoms with Gasteiger partial charge in [-0.2, -0.15) is 0 Å². The van der Waals surface area contributed by atoms with E-state index in [0.29, 0.717) is 0 Å². The number of benzene rings is 1. The second kappa shape index (κ2) is 18.3. The lowest BCUT2D eigenvalue weighted by atomic mass is 9.92. The molecule has 1 heteroatoms. The predicted octanol–water partition coefficient (Wildman–Crippen LogP) is 11.3. The number of allylic oxidation sites excluding steroid dienone is 15. The van der Waals surface area contributed by atoms with E-state index in [-0.39, 0.29) is 0 Å². The molecule has 2 rings (SSSR count). The van der Waals surface area contributed by atoms with Gasteiger partial charge < -0.3 is 0 Å². The highest BCUT2D eigenvalue weighted by atomic mass is 14.7. The Morgan fingerprint density at radius 1 is 0.895 bits per heavy atom. The molecular weight excluding hydrogens is 458 g/mol. The van der Waals surface area contributed by atoms with Crippen LogP contribution in [0.5, 0.6) is 0 Å². The molecule has 0 saturated heterocycles. The van der Waals surface area contributed by atoms with Crippen LogP contribution in [0.25, 0.3) is 22.9 Å². The van der Waals surface area contributed by atoms with Crippen LogP contribution in [0.1, 0.15) is 66.1 Å². The molecule has 0 aliphatic heterocycles. The fourth-order valence-electron chi connectivity index (χ4n) is 3.97. The minimum absolute atomic E-state index is 0.912. The normalized spacial score (nSPS) is 13.5. The Morgan fingerprint density at radius 2 is 1.58 bits per heavy atom. The van der Waals surface area contributed by atoms with Crippen molar-refractivity contribution < 1.29 is 0 Å². The summed E-state index contributed by atoms with van der Waals surface area (Å²) in [6.45, 7) is 22.5. The summed E-state index contributed by atoms with van der Waals surface area (Å²) in [7, 11) is 0. The topological polar surface area (TPSA) is 12.9 Å². The lowest BCUT2D eigenvalue weighted by Crippen LogP contribution is -1.95. The molecule has 0 atom stereocenters. The van der Waals surface area contributed by atoms with Gasteiger partial charge in [0.2, 0.25) is 0 Å². The molecule has 0 fully saturated rings. The zero-order chi connectivity index (χ0) is 28.3. The van der Waals surface area contributed by atoms with Crippen molar-refractivity contribution in [2.75, 3.05) is 0 Å². The molecule has 2 aromatic rings. The van der Waals surface area contributed by atoms with E-state index < -0.39 is 0 Å². The Kier molecular flexibility index (Phi) is 15.4. The van der Waals surface area contributed by atoms with E-state index in [1.165, 1.54) is 0 Å². The van der Waals surface area contributed by atoms with Crippen LogP contribution in [-0.4, -0.2) is 4.98 Å². The molecule has 0 amide bonds. The van der Waals surface area contributed by atoms with Crippen LogP contribution in [0, 0.1) is 0 Å². The van der Waals surface area contributed by atoms with Crippen LogP contribution < -0.4 is 0 Å². The summed E-state index contributed by atoms with van der Waals surface area (Å²) >= 11 is 0. The van der Waals surface area contributed by atoms with Gasteiger partial charge in [-0.1, -0.05) is 131 Å². The second-order valence-corrected chi connectivity index (χ2v) is 8.31. The van der Waals surface area contributed by atoms with Gasteiger partial charge in [-0.3, -0.25) is 0 Å². The van der Waals surface area contributed by atoms with Gasteiger partial charge >= 0.3 is 0 Å². The minimum atomic E-state index is 0.912. The van der Waals surface area contributed by atoms with Crippen molar-refractivity contribution in [3.8, 4) is 11.3 Å². The van der Waals surface area contributed by atoms with Gasteiger partial charge in [0.05, 0.1) is 11.4 Å². The zero-order valence-corrected chi connectivity index (χ0v) is 24.5. The highest BCUT2D eigenvalue weighted by Crippen LogP contribution is 2.29. The first-order valence-corrected chi connectivity index (χ1v) is 13.6. The Labute approximate surface area is 232 Å². The number of pyridine rings is 1. The average molecular weight is 504 g/mol. The molecule has 0 bridgehead atoms. The molecule has 0 N–H and O–H groups in total. The fourth-order valence-corrected chi connectivity index (χ4v) is 3.97. The molecule has 1 heterocycles. The molecule has 0 saturated carbocycles. The van der Waals surface area contributed by atoms with Gasteiger partial charge in [0.1, 0.15) is 0 Å². The maximum absolute atomic E-state index is 5.00. The molecule has 1 aromatic heterocycles. The third-order valence-electron chi connectivity index (χ3n) is 5.65. The Morgan fingerprint density at radius 3 is 2.13 bits per heavy atom. The summed E-state index contributed by atoms with van der Waals surface area (Å²) in [4.78, 5) is 5.00. The number of hydrogen-bond acceptors (Lipinski definition) is 1. The van der Waals surface area contributed by atoms with Gasteiger partial charge in [0.15, 0.2) is 0 Å². The molecule has 0 unspecified atom stereocenters. The molecule has 0 aliphatic rings. The largest absolute Gasteiger partial charge is 0.248 e. The SMILES string of the molecule is C=C/C=C(\C=C/C)c1cc(/C=C(C)/C(/C=C\CC)=C(C=C)\C(\C=C/C)=C/C)cc(-c2ccccc2)n1.CC. The van der Waals surface area contributed by atoms with E-state index in [1.807, 2.05) is 64.1 Å². The highest BCUT2D eigenvalue weighted by molar-refractivity contribution is 5.78. The van der Waals surface area contributed by atoms with Crippen LogP contribution in [0.2, 0.25) is 0 Å². The van der Waals surface area contributed by atoms with Crippen LogP contribution in [0.3, 0.4) is 0 Å². The maximum Gasteiger partial charge on any atom is 0.0715 e. The summed E-state index contributed by atoms with van der Waals surface area (Å²) in [5.41, 5.74) is 9.65. The van der Waals surface area contributed by atoms with E-state index >= 15 is 0 Å². The van der Waals surface area contributed by atoms with E-state index in [4.69, 9.17) is 4.98 Å². The predicted molar refractivity (Wildman–Crippen MR) is 173 cm³/mol. The number of aromatic nitrogens is 1. The molecule has 38 heavy (non-hydrogen) atoms. The summed E-state index contributed by atoms with van der Waals surface area (Å²) in [6, 6.07) is 14.6. The van der Waals surface area contributed by atoms with Crippen molar-refractivity contribution in [3.63, 3.8) is 0 Å². The van der Waals surface area contributed by atoms with Crippen LogP contribution in [0.15, 0.2) is 139 Å². The number of hydrogen-bond donors (Lipinski definition) is 0. The Balaban J connectivity index is 0.00000352. The Bertz CT molecular complexity index is 1260. The summed E-state index contributed by atoms with van der Waals surface area (Å²) in [5, 5.41) is 0. The van der Waals surface area contributed by atoms with E-state index in [1.54, 1.807) is 6.08 Å². The molecule has 1 aromatic carbocycles. The van der Waals surface area contributed by atoms with Gasteiger partial charge in [-0.05, 0) is 79.7 Å². The Hall–Kier alpha value is -3.97. The molecule has 0 aliphatic carbocycles. The molecule has 198 valence electrons. The van der Waals surface area contributed by atoms with Crippen LogP contribution in [0.4, 0.5) is 0 Å². The van der Waals surface area contributed by atoms with Gasteiger partial charge in [-0.25, -0.2) is 4.98 Å². The highest BCUT2D eigenvalue weighted by Gasteiger charge is 2.10. The number of rotatable bonds is 11. The van der Waals surface area contributed by atoms with Crippen molar-refractivity contribution >= 4 is 11.6 Å². The third kappa shape index (κ3) is 9.48. The first-order chi connectivity index (χ1) is 18.5. The fraction of sp³-hybridized carbons (Fsp3) is 0.216. The van der Waals surface area contributed by atoms with E-state index in [9.17, 15) is 0 Å². The minimum Gasteiger partial charge on any atom is -0.248 e.